The third kappa shape index (κ3) is 5.60. The van der Waals surface area contributed by atoms with Gasteiger partial charge in [0.2, 0.25) is 0 Å². The zero-order chi connectivity index (χ0) is 20.6. The summed E-state index contributed by atoms with van der Waals surface area (Å²) in [7, 11) is 1.57. The van der Waals surface area contributed by atoms with Crippen LogP contribution in [0.5, 0.6) is 11.5 Å². The number of benzene rings is 2. The third-order valence-corrected chi connectivity index (χ3v) is 4.63. The first kappa shape index (κ1) is 20.5. The number of carbonyl (C=O) groups is 2. The molecule has 1 aliphatic rings. The smallest absolute Gasteiger partial charge is 0.331 e. The number of nitrogens with one attached hydrogen (secondary N) is 1. The molecular formula is C23H25NO5. The summed E-state index contributed by atoms with van der Waals surface area (Å²) in [5.74, 6) is 0.254. The lowest BCUT2D eigenvalue weighted by Crippen LogP contribution is -2.20. The Morgan fingerprint density at radius 1 is 1.07 bits per heavy atom. The Balaban J connectivity index is 1.50. The first-order valence-electron chi connectivity index (χ1n) is 9.66. The topological polar surface area (TPSA) is 73.9 Å². The van der Waals surface area contributed by atoms with E-state index >= 15 is 0 Å². The van der Waals surface area contributed by atoms with Gasteiger partial charge in [-0.05, 0) is 73.2 Å². The average Bonchev–Trinajstić information content (AvgIpc) is 3.19. The largest absolute Gasteiger partial charge is 0.493 e. The van der Waals surface area contributed by atoms with Crippen molar-refractivity contribution in [2.45, 2.75) is 26.2 Å². The zero-order valence-electron chi connectivity index (χ0n) is 16.7. The van der Waals surface area contributed by atoms with Crippen molar-refractivity contribution in [3.8, 4) is 11.5 Å². The number of rotatable bonds is 8. The van der Waals surface area contributed by atoms with Crippen LogP contribution in [0, 0.1) is 0 Å². The van der Waals surface area contributed by atoms with Gasteiger partial charge in [-0.2, -0.15) is 0 Å². The number of anilines is 1. The molecule has 6 nitrogen and oxygen atoms in total. The molecule has 1 aliphatic carbocycles. The standard InChI is InChI=1S/C23H25NO5/c1-3-28-21-13-16(7-11-20(21)27-2)8-12-23(26)29-15-22(25)24-19-10-9-17-5-4-6-18(17)14-19/h7-14H,3-6,15H2,1-2H3,(H,24,25)/b12-8+. The molecule has 0 bridgehead atoms. The fourth-order valence-corrected chi connectivity index (χ4v) is 3.26. The maximum absolute atomic E-state index is 12.0. The predicted octanol–water partition coefficient (Wildman–Crippen LogP) is 3.78. The first-order chi connectivity index (χ1) is 14.1. The summed E-state index contributed by atoms with van der Waals surface area (Å²) in [5.41, 5.74) is 4.09. The van der Waals surface area contributed by atoms with Crippen molar-refractivity contribution in [1.29, 1.82) is 0 Å². The molecule has 0 radical (unpaired) electrons. The molecule has 0 saturated carbocycles. The van der Waals surface area contributed by atoms with Gasteiger partial charge < -0.3 is 19.5 Å². The minimum Gasteiger partial charge on any atom is -0.493 e. The Labute approximate surface area is 170 Å². The summed E-state index contributed by atoms with van der Waals surface area (Å²) in [5, 5.41) is 2.76. The third-order valence-electron chi connectivity index (χ3n) is 4.63. The Morgan fingerprint density at radius 2 is 1.90 bits per heavy atom. The van der Waals surface area contributed by atoms with E-state index < -0.39 is 5.97 Å². The summed E-state index contributed by atoms with van der Waals surface area (Å²) < 4.78 is 15.8. The Morgan fingerprint density at radius 3 is 2.69 bits per heavy atom. The molecule has 6 heteroatoms. The van der Waals surface area contributed by atoms with Crippen molar-refractivity contribution in [3.05, 3.63) is 59.2 Å². The summed E-state index contributed by atoms with van der Waals surface area (Å²) >= 11 is 0. The minimum absolute atomic E-state index is 0.340. The van der Waals surface area contributed by atoms with E-state index in [1.807, 2.05) is 25.1 Å². The van der Waals surface area contributed by atoms with Crippen molar-refractivity contribution >= 4 is 23.6 Å². The van der Waals surface area contributed by atoms with Gasteiger partial charge >= 0.3 is 5.97 Å². The number of esters is 1. The van der Waals surface area contributed by atoms with Gasteiger partial charge in [-0.15, -0.1) is 0 Å². The van der Waals surface area contributed by atoms with E-state index in [2.05, 4.69) is 5.32 Å². The lowest BCUT2D eigenvalue weighted by atomic mass is 10.1. The van der Waals surface area contributed by atoms with Crippen LogP contribution in [-0.4, -0.2) is 32.2 Å². The molecule has 1 amide bonds. The molecule has 1 N–H and O–H groups in total. The van der Waals surface area contributed by atoms with Crippen LogP contribution in [0.3, 0.4) is 0 Å². The van der Waals surface area contributed by atoms with Gasteiger partial charge in [0.25, 0.3) is 5.91 Å². The number of ether oxygens (including phenoxy) is 3. The van der Waals surface area contributed by atoms with Crippen LogP contribution in [0.15, 0.2) is 42.5 Å². The summed E-state index contributed by atoms with van der Waals surface area (Å²) in [4.78, 5) is 24.0. The molecule has 0 atom stereocenters. The maximum atomic E-state index is 12.0. The molecule has 29 heavy (non-hydrogen) atoms. The summed E-state index contributed by atoms with van der Waals surface area (Å²) in [6.45, 7) is 2.05. The number of carbonyl (C=O) groups excluding carboxylic acids is 2. The SMILES string of the molecule is CCOc1cc(/C=C/C(=O)OCC(=O)Nc2ccc3c(c2)CCC3)ccc1OC. The number of hydrogen-bond acceptors (Lipinski definition) is 5. The second-order valence-electron chi connectivity index (χ2n) is 6.67. The Bertz CT molecular complexity index is 919. The molecule has 3 rings (SSSR count). The zero-order valence-corrected chi connectivity index (χ0v) is 16.7. The van der Waals surface area contributed by atoms with Gasteiger partial charge in [0.05, 0.1) is 13.7 Å². The number of aryl methyl sites for hydroxylation is 2. The Hall–Kier alpha value is -3.28. The number of methoxy groups -OCH3 is 1. The van der Waals surface area contributed by atoms with Crippen molar-refractivity contribution < 1.29 is 23.8 Å². The van der Waals surface area contributed by atoms with Crippen molar-refractivity contribution in [2.24, 2.45) is 0 Å². The number of hydrogen-bond donors (Lipinski definition) is 1. The van der Waals surface area contributed by atoms with Crippen LogP contribution in [-0.2, 0) is 27.2 Å². The molecule has 0 spiro atoms. The molecule has 0 aliphatic heterocycles. The highest BCUT2D eigenvalue weighted by Crippen LogP contribution is 2.28. The van der Waals surface area contributed by atoms with E-state index in [-0.39, 0.29) is 12.5 Å². The van der Waals surface area contributed by atoms with E-state index in [1.165, 1.54) is 17.2 Å². The molecular weight excluding hydrogens is 370 g/mol. The van der Waals surface area contributed by atoms with Crippen molar-refractivity contribution in [3.63, 3.8) is 0 Å². The summed E-state index contributed by atoms with van der Waals surface area (Å²) in [6, 6.07) is 11.2. The van der Waals surface area contributed by atoms with Gasteiger partial charge in [0.15, 0.2) is 18.1 Å². The second-order valence-corrected chi connectivity index (χ2v) is 6.67. The van der Waals surface area contributed by atoms with Crippen LogP contribution in [0.25, 0.3) is 6.08 Å². The quantitative estimate of drug-likeness (QED) is 0.544. The molecule has 0 saturated heterocycles. The summed E-state index contributed by atoms with van der Waals surface area (Å²) in [6.07, 6.45) is 6.16. The van der Waals surface area contributed by atoms with E-state index in [0.29, 0.717) is 18.1 Å². The highest BCUT2D eigenvalue weighted by atomic mass is 16.5. The molecule has 0 heterocycles. The van der Waals surface area contributed by atoms with Crippen LogP contribution < -0.4 is 14.8 Å². The van der Waals surface area contributed by atoms with Crippen molar-refractivity contribution in [1.82, 2.24) is 0 Å². The lowest BCUT2D eigenvalue weighted by molar-refractivity contribution is -0.142. The molecule has 0 fully saturated rings. The average molecular weight is 395 g/mol. The van der Waals surface area contributed by atoms with Crippen molar-refractivity contribution in [2.75, 3.05) is 25.6 Å². The fraction of sp³-hybridized carbons (Fsp3) is 0.304. The van der Waals surface area contributed by atoms with Gasteiger partial charge in [0.1, 0.15) is 0 Å². The molecule has 152 valence electrons. The van der Waals surface area contributed by atoms with Gasteiger partial charge in [-0.3, -0.25) is 4.79 Å². The number of fused-ring (bicyclic) bond motifs is 1. The first-order valence-corrected chi connectivity index (χ1v) is 9.66. The monoisotopic (exact) mass is 395 g/mol. The van der Waals surface area contributed by atoms with Crippen LogP contribution >= 0.6 is 0 Å². The molecule has 0 unspecified atom stereocenters. The molecule has 2 aromatic carbocycles. The minimum atomic E-state index is -0.595. The van der Waals surface area contributed by atoms with Crippen LogP contribution in [0.1, 0.15) is 30.0 Å². The Kier molecular flexibility index (Phi) is 6.89. The van der Waals surface area contributed by atoms with E-state index in [0.717, 1.165) is 30.5 Å². The maximum Gasteiger partial charge on any atom is 0.331 e. The molecule has 0 aromatic heterocycles. The van der Waals surface area contributed by atoms with Gasteiger partial charge in [0, 0.05) is 11.8 Å². The van der Waals surface area contributed by atoms with E-state index in [4.69, 9.17) is 14.2 Å². The fourth-order valence-electron chi connectivity index (χ4n) is 3.26. The normalized spacial score (nSPS) is 12.5. The van der Waals surface area contributed by atoms with E-state index in [9.17, 15) is 9.59 Å². The van der Waals surface area contributed by atoms with E-state index in [1.54, 1.807) is 31.4 Å². The number of amides is 1. The second kappa shape index (κ2) is 9.78. The van der Waals surface area contributed by atoms with Crippen LogP contribution in [0.2, 0.25) is 0 Å². The lowest BCUT2D eigenvalue weighted by Gasteiger charge is -2.09. The highest BCUT2D eigenvalue weighted by molar-refractivity contribution is 5.94. The molecule has 2 aromatic rings. The van der Waals surface area contributed by atoms with Gasteiger partial charge in [-0.1, -0.05) is 12.1 Å². The highest BCUT2D eigenvalue weighted by Gasteiger charge is 2.12. The van der Waals surface area contributed by atoms with Crippen LogP contribution in [0.4, 0.5) is 5.69 Å². The predicted molar refractivity (Wildman–Crippen MR) is 111 cm³/mol. The van der Waals surface area contributed by atoms with Gasteiger partial charge in [-0.25, -0.2) is 4.79 Å².